The lowest BCUT2D eigenvalue weighted by Gasteiger charge is -2.05. The van der Waals surface area contributed by atoms with E-state index in [-0.39, 0.29) is 12.2 Å². The first kappa shape index (κ1) is 13.0. The summed E-state index contributed by atoms with van der Waals surface area (Å²) >= 11 is 0. The minimum atomic E-state index is -1.16. The topological polar surface area (TPSA) is 112 Å². The summed E-state index contributed by atoms with van der Waals surface area (Å²) in [6, 6.07) is 1.75. The van der Waals surface area contributed by atoms with Crippen molar-refractivity contribution in [2.75, 3.05) is 0 Å². The maximum absolute atomic E-state index is 11.3. The molecule has 3 aromatic rings. The quantitative estimate of drug-likeness (QED) is 0.752. The van der Waals surface area contributed by atoms with Crippen molar-refractivity contribution in [1.29, 1.82) is 0 Å². The Balaban J connectivity index is 2.09. The third kappa shape index (κ3) is 2.29. The second-order valence-corrected chi connectivity index (χ2v) is 4.54. The monoisotopic (exact) mass is 288 g/mol. The van der Waals surface area contributed by atoms with Gasteiger partial charge in [-0.1, -0.05) is 10.4 Å². The van der Waals surface area contributed by atoms with Crippen molar-refractivity contribution < 1.29 is 14.4 Å². The molecule has 1 N–H and O–H groups in total. The van der Waals surface area contributed by atoms with E-state index in [1.54, 1.807) is 37.0 Å². The molecule has 0 saturated heterocycles. The molecule has 0 fully saturated rings. The molecular formula is C12H12N6O3. The van der Waals surface area contributed by atoms with Crippen LogP contribution >= 0.6 is 0 Å². The van der Waals surface area contributed by atoms with Crippen LogP contribution in [0.2, 0.25) is 0 Å². The summed E-state index contributed by atoms with van der Waals surface area (Å²) in [5.74, 6) is -0.0182. The standard InChI is InChI=1S/C12H12N6O3/c1-7-5-8(15-21-7)6-18-10(9(12(19)20)14-16-18)11-13-3-4-17(11)2/h3-5H,6H2,1-2H3,(H,19,20). The summed E-state index contributed by atoms with van der Waals surface area (Å²) in [5, 5.41) is 20.7. The molecule has 3 rings (SSSR count). The molecule has 0 radical (unpaired) electrons. The molecular weight excluding hydrogens is 276 g/mol. The normalized spacial score (nSPS) is 11.0. The lowest BCUT2D eigenvalue weighted by atomic mass is 10.3. The van der Waals surface area contributed by atoms with Crippen molar-refractivity contribution in [3.63, 3.8) is 0 Å². The Morgan fingerprint density at radius 3 is 2.86 bits per heavy atom. The van der Waals surface area contributed by atoms with Crippen LogP contribution < -0.4 is 0 Å². The molecule has 21 heavy (non-hydrogen) atoms. The van der Waals surface area contributed by atoms with Gasteiger partial charge in [0.25, 0.3) is 0 Å². The van der Waals surface area contributed by atoms with Crippen LogP contribution in [0.5, 0.6) is 0 Å². The molecule has 0 saturated carbocycles. The lowest BCUT2D eigenvalue weighted by molar-refractivity contribution is 0.0691. The fraction of sp³-hybridized carbons (Fsp3) is 0.250. The Kier molecular flexibility index (Phi) is 3.01. The van der Waals surface area contributed by atoms with Crippen molar-refractivity contribution >= 4 is 5.97 Å². The predicted molar refractivity (Wildman–Crippen MR) is 69.5 cm³/mol. The van der Waals surface area contributed by atoms with Gasteiger partial charge in [0.2, 0.25) is 5.69 Å². The van der Waals surface area contributed by atoms with Crippen LogP contribution in [0.25, 0.3) is 11.5 Å². The highest BCUT2D eigenvalue weighted by atomic mass is 16.5. The third-order valence-corrected chi connectivity index (χ3v) is 2.96. The molecule has 0 aromatic carbocycles. The van der Waals surface area contributed by atoms with Crippen LogP contribution in [0.4, 0.5) is 0 Å². The Morgan fingerprint density at radius 2 is 2.29 bits per heavy atom. The Labute approximate surface area is 118 Å². The molecule has 0 aliphatic heterocycles. The number of carboxylic acid groups (broad SMARTS) is 1. The number of hydrogen-bond acceptors (Lipinski definition) is 6. The zero-order chi connectivity index (χ0) is 15.0. The van der Waals surface area contributed by atoms with E-state index in [0.29, 0.717) is 23.0 Å². The second-order valence-electron chi connectivity index (χ2n) is 4.54. The van der Waals surface area contributed by atoms with Gasteiger partial charge in [0.05, 0.1) is 6.54 Å². The number of hydrogen-bond donors (Lipinski definition) is 1. The van der Waals surface area contributed by atoms with Crippen molar-refractivity contribution in [3.05, 3.63) is 35.6 Å². The molecule has 9 heteroatoms. The summed E-state index contributed by atoms with van der Waals surface area (Å²) in [5.41, 5.74) is 0.810. The van der Waals surface area contributed by atoms with Gasteiger partial charge in [-0.2, -0.15) is 0 Å². The van der Waals surface area contributed by atoms with Gasteiger partial charge in [-0.15, -0.1) is 5.10 Å². The zero-order valence-corrected chi connectivity index (χ0v) is 11.4. The van der Waals surface area contributed by atoms with Crippen LogP contribution in [0, 0.1) is 6.92 Å². The third-order valence-electron chi connectivity index (χ3n) is 2.96. The van der Waals surface area contributed by atoms with E-state index in [1.807, 2.05) is 0 Å². The Hall–Kier alpha value is -2.97. The molecule has 3 heterocycles. The molecule has 0 aliphatic rings. The fourth-order valence-electron chi connectivity index (χ4n) is 2.03. The highest BCUT2D eigenvalue weighted by Crippen LogP contribution is 2.21. The number of aromatic nitrogens is 6. The molecule has 0 unspecified atom stereocenters. The molecule has 9 nitrogen and oxygen atoms in total. The Bertz CT molecular complexity index is 800. The zero-order valence-electron chi connectivity index (χ0n) is 11.4. The number of aromatic carboxylic acids is 1. The summed E-state index contributed by atoms with van der Waals surface area (Å²) in [7, 11) is 1.77. The maximum atomic E-state index is 11.3. The van der Waals surface area contributed by atoms with E-state index >= 15 is 0 Å². The number of aryl methyl sites for hydroxylation is 2. The van der Waals surface area contributed by atoms with Gasteiger partial charge in [-0.25, -0.2) is 14.5 Å². The first-order valence-electron chi connectivity index (χ1n) is 6.13. The molecule has 0 aliphatic carbocycles. The smallest absolute Gasteiger partial charge is 0.358 e. The van der Waals surface area contributed by atoms with Gasteiger partial charge in [-0.05, 0) is 6.92 Å². The highest BCUT2D eigenvalue weighted by molar-refractivity contribution is 5.91. The second kappa shape index (κ2) is 4.85. The summed E-state index contributed by atoms with van der Waals surface area (Å²) in [4.78, 5) is 15.5. The molecule has 0 bridgehead atoms. The van der Waals surface area contributed by atoms with E-state index in [2.05, 4.69) is 20.5 Å². The molecule has 108 valence electrons. The van der Waals surface area contributed by atoms with Gasteiger partial charge >= 0.3 is 5.97 Å². The van der Waals surface area contributed by atoms with E-state index in [4.69, 9.17) is 4.52 Å². The van der Waals surface area contributed by atoms with Crippen LogP contribution in [0.15, 0.2) is 23.0 Å². The van der Waals surface area contributed by atoms with Gasteiger partial charge in [0.15, 0.2) is 5.82 Å². The fourth-order valence-corrected chi connectivity index (χ4v) is 2.03. The molecule has 0 spiro atoms. The summed E-state index contributed by atoms with van der Waals surface area (Å²) in [6.45, 7) is 2.03. The first-order chi connectivity index (χ1) is 10.1. The van der Waals surface area contributed by atoms with Crippen LogP contribution in [0.1, 0.15) is 21.9 Å². The van der Waals surface area contributed by atoms with Crippen molar-refractivity contribution in [2.24, 2.45) is 7.05 Å². The largest absolute Gasteiger partial charge is 0.476 e. The van der Waals surface area contributed by atoms with Gasteiger partial charge in [0.1, 0.15) is 17.1 Å². The van der Waals surface area contributed by atoms with Gasteiger partial charge < -0.3 is 14.2 Å². The Morgan fingerprint density at radius 1 is 1.48 bits per heavy atom. The molecule has 0 amide bonds. The summed E-state index contributed by atoms with van der Waals surface area (Å²) < 4.78 is 8.15. The number of nitrogens with zero attached hydrogens (tertiary/aromatic N) is 6. The average Bonchev–Trinajstić information content (AvgIpc) is 3.11. The molecule has 0 atom stereocenters. The van der Waals surface area contributed by atoms with E-state index in [0.717, 1.165) is 0 Å². The maximum Gasteiger partial charge on any atom is 0.358 e. The highest BCUT2D eigenvalue weighted by Gasteiger charge is 2.24. The van der Waals surface area contributed by atoms with E-state index < -0.39 is 5.97 Å². The average molecular weight is 288 g/mol. The van der Waals surface area contributed by atoms with E-state index in [1.165, 1.54) is 4.68 Å². The number of carbonyl (C=O) groups is 1. The first-order valence-corrected chi connectivity index (χ1v) is 6.13. The van der Waals surface area contributed by atoms with Gasteiger partial charge in [-0.3, -0.25) is 0 Å². The van der Waals surface area contributed by atoms with Crippen molar-refractivity contribution in [2.45, 2.75) is 13.5 Å². The van der Waals surface area contributed by atoms with Crippen LogP contribution in [-0.4, -0.2) is 40.8 Å². The minimum Gasteiger partial charge on any atom is -0.476 e. The van der Waals surface area contributed by atoms with Crippen molar-refractivity contribution in [1.82, 2.24) is 29.7 Å². The van der Waals surface area contributed by atoms with Crippen LogP contribution in [-0.2, 0) is 13.6 Å². The number of carboxylic acids is 1. The van der Waals surface area contributed by atoms with E-state index in [9.17, 15) is 9.90 Å². The minimum absolute atomic E-state index is 0.149. The van der Waals surface area contributed by atoms with Gasteiger partial charge in [0, 0.05) is 25.5 Å². The molecule has 3 aromatic heterocycles. The SMILES string of the molecule is Cc1cc(Cn2nnc(C(=O)O)c2-c2nccn2C)no1. The number of imidazole rings is 1. The number of rotatable bonds is 4. The van der Waals surface area contributed by atoms with Crippen molar-refractivity contribution in [3.8, 4) is 11.5 Å². The predicted octanol–water partition coefficient (Wildman–Crippen LogP) is 0.722. The van der Waals surface area contributed by atoms with Crippen LogP contribution in [0.3, 0.4) is 0 Å². The lowest BCUT2D eigenvalue weighted by Crippen LogP contribution is -2.09. The summed E-state index contributed by atoms with van der Waals surface area (Å²) in [6.07, 6.45) is 3.30.